The van der Waals surface area contributed by atoms with Crippen molar-refractivity contribution in [2.45, 2.75) is 32.1 Å². The zero-order valence-electron chi connectivity index (χ0n) is 15.2. The molecular formula is C19H25N5O2. The SMILES string of the molecule is CCN(Cc1ccccc1)c1cnnc(N2CCC3(CC2)OCCO3)n1. The zero-order chi connectivity index (χ0) is 17.8. The Balaban J connectivity index is 1.46. The second-order valence-corrected chi connectivity index (χ2v) is 6.71. The molecule has 1 aromatic heterocycles. The van der Waals surface area contributed by atoms with Gasteiger partial charge in [-0.1, -0.05) is 30.3 Å². The van der Waals surface area contributed by atoms with Crippen LogP contribution in [-0.4, -0.2) is 53.8 Å². The molecule has 0 aliphatic carbocycles. The molecule has 0 unspecified atom stereocenters. The van der Waals surface area contributed by atoms with Crippen LogP contribution in [0.15, 0.2) is 36.5 Å². The highest BCUT2D eigenvalue weighted by Crippen LogP contribution is 2.32. The van der Waals surface area contributed by atoms with Crippen molar-refractivity contribution in [3.8, 4) is 0 Å². The van der Waals surface area contributed by atoms with Gasteiger partial charge in [0.25, 0.3) is 0 Å². The monoisotopic (exact) mass is 355 g/mol. The number of ether oxygens (including phenoxy) is 2. The molecule has 0 bridgehead atoms. The first-order valence-electron chi connectivity index (χ1n) is 9.29. The molecule has 26 heavy (non-hydrogen) atoms. The molecular weight excluding hydrogens is 330 g/mol. The average molecular weight is 355 g/mol. The first kappa shape index (κ1) is 17.2. The van der Waals surface area contributed by atoms with E-state index in [0.29, 0.717) is 19.2 Å². The van der Waals surface area contributed by atoms with E-state index >= 15 is 0 Å². The van der Waals surface area contributed by atoms with E-state index in [1.165, 1.54) is 5.56 Å². The number of hydrogen-bond acceptors (Lipinski definition) is 7. The first-order valence-corrected chi connectivity index (χ1v) is 9.29. The molecule has 7 heteroatoms. The molecule has 2 aromatic rings. The van der Waals surface area contributed by atoms with Crippen LogP contribution in [0.25, 0.3) is 0 Å². The average Bonchev–Trinajstić information content (AvgIpc) is 3.15. The highest BCUT2D eigenvalue weighted by Gasteiger charge is 2.40. The van der Waals surface area contributed by atoms with Gasteiger partial charge in [0.15, 0.2) is 11.6 Å². The van der Waals surface area contributed by atoms with Crippen molar-refractivity contribution in [1.29, 1.82) is 0 Å². The predicted octanol–water partition coefficient (Wildman–Crippen LogP) is 2.24. The van der Waals surface area contributed by atoms with Crippen LogP contribution in [0.4, 0.5) is 11.8 Å². The molecule has 7 nitrogen and oxygen atoms in total. The Kier molecular flexibility index (Phi) is 4.99. The molecule has 2 aliphatic rings. The summed E-state index contributed by atoms with van der Waals surface area (Å²) in [6.45, 7) is 6.81. The van der Waals surface area contributed by atoms with Crippen LogP contribution in [0.2, 0.25) is 0 Å². The van der Waals surface area contributed by atoms with Crippen molar-refractivity contribution in [2.24, 2.45) is 0 Å². The van der Waals surface area contributed by atoms with Crippen molar-refractivity contribution in [2.75, 3.05) is 42.6 Å². The van der Waals surface area contributed by atoms with Crippen LogP contribution in [0, 0.1) is 0 Å². The fraction of sp³-hybridized carbons (Fsp3) is 0.526. The summed E-state index contributed by atoms with van der Waals surface area (Å²) in [7, 11) is 0. The highest BCUT2D eigenvalue weighted by molar-refractivity contribution is 5.42. The quantitative estimate of drug-likeness (QED) is 0.815. The standard InChI is InChI=1S/C19H25N5O2/c1-2-23(15-16-6-4-3-5-7-16)17-14-20-22-18(21-17)24-10-8-19(9-11-24)25-12-13-26-19/h3-7,14H,2,8-13,15H2,1H3. The van der Waals surface area contributed by atoms with Gasteiger partial charge in [0.2, 0.25) is 5.95 Å². The van der Waals surface area contributed by atoms with Gasteiger partial charge >= 0.3 is 0 Å². The third-order valence-corrected chi connectivity index (χ3v) is 5.08. The summed E-state index contributed by atoms with van der Waals surface area (Å²) in [6, 6.07) is 10.4. The van der Waals surface area contributed by atoms with Gasteiger partial charge in [0.05, 0.1) is 19.4 Å². The maximum absolute atomic E-state index is 5.80. The van der Waals surface area contributed by atoms with Crippen molar-refractivity contribution < 1.29 is 9.47 Å². The van der Waals surface area contributed by atoms with Crippen LogP contribution >= 0.6 is 0 Å². The number of nitrogens with zero attached hydrogens (tertiary/aromatic N) is 5. The molecule has 138 valence electrons. The van der Waals surface area contributed by atoms with Crippen LogP contribution in [0.5, 0.6) is 0 Å². The molecule has 2 aliphatic heterocycles. The van der Waals surface area contributed by atoms with Crippen molar-refractivity contribution >= 4 is 11.8 Å². The van der Waals surface area contributed by atoms with E-state index in [1.807, 2.05) is 6.07 Å². The maximum Gasteiger partial charge on any atom is 0.247 e. The van der Waals surface area contributed by atoms with E-state index < -0.39 is 0 Å². The van der Waals surface area contributed by atoms with Gasteiger partial charge in [-0.25, -0.2) is 0 Å². The smallest absolute Gasteiger partial charge is 0.247 e. The number of piperidine rings is 1. The minimum Gasteiger partial charge on any atom is -0.351 e. The number of anilines is 2. The third kappa shape index (κ3) is 3.64. The topological polar surface area (TPSA) is 63.6 Å². The minimum absolute atomic E-state index is 0.385. The van der Waals surface area contributed by atoms with Gasteiger partial charge in [-0.2, -0.15) is 10.1 Å². The first-order chi connectivity index (χ1) is 12.8. The second-order valence-electron chi connectivity index (χ2n) is 6.71. The van der Waals surface area contributed by atoms with Crippen molar-refractivity contribution in [3.63, 3.8) is 0 Å². The van der Waals surface area contributed by atoms with E-state index in [4.69, 9.17) is 14.5 Å². The van der Waals surface area contributed by atoms with E-state index in [1.54, 1.807) is 6.20 Å². The summed E-state index contributed by atoms with van der Waals surface area (Å²) < 4.78 is 11.6. The summed E-state index contributed by atoms with van der Waals surface area (Å²) in [5.74, 6) is 1.15. The van der Waals surface area contributed by atoms with E-state index in [-0.39, 0.29) is 5.79 Å². The van der Waals surface area contributed by atoms with Crippen LogP contribution in [-0.2, 0) is 16.0 Å². The molecule has 0 atom stereocenters. The Morgan fingerprint density at radius 2 is 1.85 bits per heavy atom. The number of aromatic nitrogens is 3. The van der Waals surface area contributed by atoms with Gasteiger partial charge in [-0.15, -0.1) is 5.10 Å². The summed E-state index contributed by atoms with van der Waals surface area (Å²) in [5.41, 5.74) is 1.25. The van der Waals surface area contributed by atoms with E-state index in [9.17, 15) is 0 Å². The molecule has 2 saturated heterocycles. The lowest BCUT2D eigenvalue weighted by Gasteiger charge is -2.37. The van der Waals surface area contributed by atoms with Gasteiger partial charge in [-0.3, -0.25) is 0 Å². The van der Waals surface area contributed by atoms with Crippen molar-refractivity contribution in [3.05, 3.63) is 42.1 Å². The van der Waals surface area contributed by atoms with Gasteiger partial charge in [-0.05, 0) is 12.5 Å². The Morgan fingerprint density at radius 1 is 1.12 bits per heavy atom. The van der Waals surface area contributed by atoms with Crippen molar-refractivity contribution in [1.82, 2.24) is 15.2 Å². The number of hydrogen-bond donors (Lipinski definition) is 0. The summed E-state index contributed by atoms with van der Waals surface area (Å²) in [5, 5.41) is 8.46. The van der Waals surface area contributed by atoms with Gasteiger partial charge < -0.3 is 19.3 Å². The zero-order valence-corrected chi connectivity index (χ0v) is 15.2. The fourth-order valence-corrected chi connectivity index (χ4v) is 3.56. The summed E-state index contributed by atoms with van der Waals surface area (Å²) in [4.78, 5) is 9.16. The Bertz CT molecular complexity index is 711. The van der Waals surface area contributed by atoms with Crippen LogP contribution in [0.1, 0.15) is 25.3 Å². The molecule has 0 N–H and O–H groups in total. The second kappa shape index (κ2) is 7.55. The van der Waals surface area contributed by atoms with E-state index in [2.05, 4.69) is 51.2 Å². The lowest BCUT2D eigenvalue weighted by molar-refractivity contribution is -0.169. The highest BCUT2D eigenvalue weighted by atomic mass is 16.7. The molecule has 0 radical (unpaired) electrons. The molecule has 4 rings (SSSR count). The number of rotatable bonds is 5. The minimum atomic E-state index is -0.385. The lowest BCUT2D eigenvalue weighted by atomic mass is 10.0. The third-order valence-electron chi connectivity index (χ3n) is 5.08. The molecule has 0 amide bonds. The number of benzene rings is 1. The van der Waals surface area contributed by atoms with Gasteiger partial charge in [0, 0.05) is 39.0 Å². The molecule has 2 fully saturated rings. The van der Waals surface area contributed by atoms with E-state index in [0.717, 1.165) is 44.8 Å². The van der Waals surface area contributed by atoms with Gasteiger partial charge in [0.1, 0.15) is 0 Å². The Morgan fingerprint density at radius 3 is 2.54 bits per heavy atom. The molecule has 0 saturated carbocycles. The fourth-order valence-electron chi connectivity index (χ4n) is 3.56. The Labute approximate surface area is 154 Å². The lowest BCUT2D eigenvalue weighted by Crippen LogP contribution is -2.45. The maximum atomic E-state index is 5.80. The molecule has 3 heterocycles. The Hall–Kier alpha value is -2.25. The molecule has 1 aromatic carbocycles. The summed E-state index contributed by atoms with van der Waals surface area (Å²) >= 11 is 0. The van der Waals surface area contributed by atoms with Crippen LogP contribution < -0.4 is 9.80 Å². The normalized spacial score (nSPS) is 19.0. The predicted molar refractivity (Wildman–Crippen MR) is 99.1 cm³/mol. The largest absolute Gasteiger partial charge is 0.351 e. The summed E-state index contributed by atoms with van der Waals surface area (Å²) in [6.07, 6.45) is 3.41. The molecule has 1 spiro atoms. The van der Waals surface area contributed by atoms with Crippen LogP contribution in [0.3, 0.4) is 0 Å².